The highest BCUT2D eigenvalue weighted by Gasteiger charge is 2.10. The van der Waals surface area contributed by atoms with E-state index in [1.54, 1.807) is 0 Å². The Kier molecular flexibility index (Phi) is 3.91. The average Bonchev–Trinajstić information content (AvgIpc) is 2.16. The second-order valence-electron chi connectivity index (χ2n) is 2.99. The number of carbonyl (C=O) groups is 1. The van der Waals surface area contributed by atoms with E-state index < -0.39 is 17.5 Å². The Morgan fingerprint density at radius 3 is 2.87 bits per heavy atom. The minimum absolute atomic E-state index is 0.000136. The van der Waals surface area contributed by atoms with Gasteiger partial charge in [0, 0.05) is 12.1 Å². The fraction of sp³-hybridized carbons (Fsp3) is 0.400. The van der Waals surface area contributed by atoms with Crippen molar-refractivity contribution in [2.75, 3.05) is 6.61 Å². The topological polar surface area (TPSA) is 76.7 Å². The lowest BCUT2D eigenvalue weighted by molar-refractivity contribution is 0.0497. The highest BCUT2D eigenvalue weighted by molar-refractivity contribution is 5.89. The van der Waals surface area contributed by atoms with Crippen molar-refractivity contribution >= 4 is 5.97 Å². The van der Waals surface area contributed by atoms with E-state index >= 15 is 0 Å². The molecule has 82 valence electrons. The van der Waals surface area contributed by atoms with Gasteiger partial charge in [-0.3, -0.25) is 0 Å². The van der Waals surface area contributed by atoms with Crippen molar-refractivity contribution in [1.29, 1.82) is 0 Å². The Labute approximate surface area is 86.3 Å². The molecule has 0 saturated carbocycles. The SMILES string of the molecule is CCCCOC(=O)c1cc(O)oc(=O)c1. The third kappa shape index (κ3) is 3.46. The summed E-state index contributed by atoms with van der Waals surface area (Å²) in [6.07, 6.45) is 1.68. The first-order valence-corrected chi connectivity index (χ1v) is 4.64. The molecule has 0 atom stereocenters. The van der Waals surface area contributed by atoms with Crippen LogP contribution in [0.25, 0.3) is 0 Å². The molecule has 5 heteroatoms. The molecule has 0 spiro atoms. The highest BCUT2D eigenvalue weighted by Crippen LogP contribution is 2.08. The first-order chi connectivity index (χ1) is 7.13. The van der Waals surface area contributed by atoms with Crippen molar-refractivity contribution < 1.29 is 19.1 Å². The molecule has 1 N–H and O–H groups in total. The number of carbonyl (C=O) groups excluding carboxylic acids is 1. The zero-order chi connectivity index (χ0) is 11.3. The number of hydrogen-bond donors (Lipinski definition) is 1. The molecule has 5 nitrogen and oxygen atoms in total. The summed E-state index contributed by atoms with van der Waals surface area (Å²) in [6.45, 7) is 2.27. The molecule has 1 aromatic heterocycles. The summed E-state index contributed by atoms with van der Waals surface area (Å²) in [5.74, 6) is -1.23. The smallest absolute Gasteiger partial charge is 0.339 e. The monoisotopic (exact) mass is 212 g/mol. The summed E-state index contributed by atoms with van der Waals surface area (Å²) in [6, 6.07) is 2.03. The van der Waals surface area contributed by atoms with E-state index in [9.17, 15) is 9.59 Å². The molecular weight excluding hydrogens is 200 g/mol. The van der Waals surface area contributed by atoms with Gasteiger partial charge in [-0.25, -0.2) is 9.59 Å². The standard InChI is InChI=1S/C10H12O5/c1-2-3-4-14-10(13)7-5-8(11)15-9(12)6-7/h5-6,11H,2-4H2,1H3. The van der Waals surface area contributed by atoms with E-state index in [0.29, 0.717) is 6.61 Å². The van der Waals surface area contributed by atoms with Gasteiger partial charge in [-0.15, -0.1) is 0 Å². The van der Waals surface area contributed by atoms with Crippen LogP contribution in [0, 0.1) is 0 Å². The van der Waals surface area contributed by atoms with Gasteiger partial charge in [0.15, 0.2) is 0 Å². The number of rotatable bonds is 4. The number of unbranched alkanes of at least 4 members (excludes halogenated alkanes) is 1. The van der Waals surface area contributed by atoms with Crippen LogP contribution in [0.2, 0.25) is 0 Å². The Bertz CT molecular complexity index is 393. The fourth-order valence-electron chi connectivity index (χ4n) is 0.974. The van der Waals surface area contributed by atoms with Gasteiger partial charge in [0.05, 0.1) is 12.2 Å². The van der Waals surface area contributed by atoms with E-state index in [1.807, 2.05) is 6.92 Å². The quantitative estimate of drug-likeness (QED) is 0.601. The van der Waals surface area contributed by atoms with E-state index in [4.69, 9.17) is 9.84 Å². The molecule has 0 aliphatic rings. The molecule has 0 aliphatic heterocycles. The second-order valence-corrected chi connectivity index (χ2v) is 2.99. The normalized spacial score (nSPS) is 9.93. The zero-order valence-electron chi connectivity index (χ0n) is 8.36. The summed E-state index contributed by atoms with van der Waals surface area (Å²) in [7, 11) is 0. The minimum atomic E-state index is -0.780. The van der Waals surface area contributed by atoms with Gasteiger partial charge in [-0.2, -0.15) is 0 Å². The molecule has 0 aliphatic carbocycles. The number of hydrogen-bond acceptors (Lipinski definition) is 5. The number of esters is 1. The van der Waals surface area contributed by atoms with Crippen molar-refractivity contribution in [2.45, 2.75) is 19.8 Å². The summed E-state index contributed by atoms with van der Waals surface area (Å²) in [5, 5.41) is 8.94. The van der Waals surface area contributed by atoms with Gasteiger partial charge in [-0.05, 0) is 6.42 Å². The van der Waals surface area contributed by atoms with Crippen LogP contribution in [-0.4, -0.2) is 17.7 Å². The molecule has 0 saturated heterocycles. The molecule has 1 heterocycles. The summed E-state index contributed by atoms with van der Waals surface area (Å²) in [5.41, 5.74) is -0.780. The van der Waals surface area contributed by atoms with Crippen LogP contribution < -0.4 is 5.63 Å². The zero-order valence-corrected chi connectivity index (χ0v) is 8.36. The van der Waals surface area contributed by atoms with Gasteiger partial charge in [0.1, 0.15) is 0 Å². The van der Waals surface area contributed by atoms with E-state index in [2.05, 4.69) is 4.42 Å². The maximum atomic E-state index is 11.3. The molecular formula is C10H12O5. The van der Waals surface area contributed by atoms with Crippen LogP contribution in [-0.2, 0) is 4.74 Å². The minimum Gasteiger partial charge on any atom is -0.481 e. The largest absolute Gasteiger partial charge is 0.481 e. The van der Waals surface area contributed by atoms with Crippen LogP contribution in [0.4, 0.5) is 0 Å². The number of ether oxygens (including phenoxy) is 1. The Morgan fingerprint density at radius 1 is 1.53 bits per heavy atom. The molecule has 0 unspecified atom stereocenters. The van der Waals surface area contributed by atoms with Crippen LogP contribution in [0.3, 0.4) is 0 Å². The molecule has 0 radical (unpaired) electrons. The Balaban J connectivity index is 2.69. The van der Waals surface area contributed by atoms with Gasteiger partial charge < -0.3 is 14.3 Å². The Hall–Kier alpha value is -1.78. The van der Waals surface area contributed by atoms with Crippen LogP contribution >= 0.6 is 0 Å². The first-order valence-electron chi connectivity index (χ1n) is 4.64. The van der Waals surface area contributed by atoms with Crippen molar-refractivity contribution in [2.24, 2.45) is 0 Å². The van der Waals surface area contributed by atoms with E-state index in [1.165, 1.54) is 0 Å². The average molecular weight is 212 g/mol. The third-order valence-corrected chi connectivity index (χ3v) is 1.72. The van der Waals surface area contributed by atoms with E-state index in [0.717, 1.165) is 25.0 Å². The third-order valence-electron chi connectivity index (χ3n) is 1.72. The molecule has 1 aromatic rings. The fourth-order valence-corrected chi connectivity index (χ4v) is 0.974. The van der Waals surface area contributed by atoms with Crippen LogP contribution in [0.1, 0.15) is 30.1 Å². The first kappa shape index (κ1) is 11.3. The van der Waals surface area contributed by atoms with Crippen molar-refractivity contribution in [1.82, 2.24) is 0 Å². The molecule has 0 fully saturated rings. The van der Waals surface area contributed by atoms with Crippen LogP contribution in [0.5, 0.6) is 5.95 Å². The van der Waals surface area contributed by atoms with Gasteiger partial charge in [0.2, 0.25) is 0 Å². The lowest BCUT2D eigenvalue weighted by Gasteiger charge is -2.02. The van der Waals surface area contributed by atoms with Crippen LogP contribution in [0.15, 0.2) is 21.3 Å². The number of aromatic hydroxyl groups is 1. The molecule has 0 bridgehead atoms. The molecule has 0 aromatic carbocycles. The summed E-state index contributed by atoms with van der Waals surface area (Å²) >= 11 is 0. The van der Waals surface area contributed by atoms with E-state index in [-0.39, 0.29) is 5.56 Å². The maximum absolute atomic E-state index is 11.3. The van der Waals surface area contributed by atoms with Gasteiger partial charge >= 0.3 is 11.6 Å². The van der Waals surface area contributed by atoms with Crippen molar-refractivity contribution in [3.05, 3.63) is 28.1 Å². The molecule has 1 rings (SSSR count). The predicted octanol–water partition coefficient (Wildman–Crippen LogP) is 1.30. The maximum Gasteiger partial charge on any atom is 0.339 e. The van der Waals surface area contributed by atoms with Gasteiger partial charge in [0.25, 0.3) is 5.95 Å². The predicted molar refractivity (Wildman–Crippen MR) is 51.8 cm³/mol. The Morgan fingerprint density at radius 2 is 2.27 bits per heavy atom. The highest BCUT2D eigenvalue weighted by atomic mass is 16.5. The molecule has 15 heavy (non-hydrogen) atoms. The molecule has 0 amide bonds. The lowest BCUT2D eigenvalue weighted by atomic mass is 10.3. The van der Waals surface area contributed by atoms with Crippen molar-refractivity contribution in [3.63, 3.8) is 0 Å². The second kappa shape index (κ2) is 5.19. The van der Waals surface area contributed by atoms with Gasteiger partial charge in [-0.1, -0.05) is 13.3 Å². The summed E-state index contributed by atoms with van der Waals surface area (Å²) < 4.78 is 9.13. The van der Waals surface area contributed by atoms with Crippen molar-refractivity contribution in [3.8, 4) is 5.95 Å². The lowest BCUT2D eigenvalue weighted by Crippen LogP contribution is -2.09. The summed E-state index contributed by atoms with van der Waals surface area (Å²) in [4.78, 5) is 22.1.